The molecule has 2 nitrogen and oxygen atoms in total. The number of rotatable bonds is 14. The van der Waals surface area contributed by atoms with E-state index in [1.807, 2.05) is 23.6 Å². The lowest BCUT2D eigenvalue weighted by Crippen LogP contribution is -1.97. The molecule has 0 unspecified atom stereocenters. The van der Waals surface area contributed by atoms with Gasteiger partial charge in [-0.2, -0.15) is 0 Å². The summed E-state index contributed by atoms with van der Waals surface area (Å²) in [4.78, 5) is 7.49. The predicted octanol–water partition coefficient (Wildman–Crippen LogP) is 8.49. The van der Waals surface area contributed by atoms with Crippen LogP contribution in [-0.4, -0.2) is 11.6 Å². The Labute approximate surface area is 193 Å². The van der Waals surface area contributed by atoms with E-state index in [-0.39, 0.29) is 0 Å². The molecule has 0 spiro atoms. The van der Waals surface area contributed by atoms with Gasteiger partial charge < -0.3 is 4.74 Å². The van der Waals surface area contributed by atoms with Gasteiger partial charge in [0, 0.05) is 27.9 Å². The molecule has 0 aliphatic rings. The van der Waals surface area contributed by atoms with Gasteiger partial charge in [0.25, 0.3) is 0 Å². The zero-order valence-electron chi connectivity index (χ0n) is 19.7. The summed E-state index contributed by atoms with van der Waals surface area (Å²) in [6.07, 6.45) is 15.2. The van der Waals surface area contributed by atoms with E-state index in [0.29, 0.717) is 6.61 Å². The molecule has 2 aromatic heterocycles. The summed E-state index contributed by atoms with van der Waals surface area (Å²) in [7, 11) is 0. The average molecular weight is 438 g/mol. The second-order valence-electron chi connectivity index (χ2n) is 8.86. The monoisotopic (exact) mass is 437 g/mol. The first kappa shape index (κ1) is 23.9. The summed E-state index contributed by atoms with van der Waals surface area (Å²) >= 11 is 1.94. The number of unbranched alkanes of at least 4 members (excludes halogenated alkanes) is 8. The van der Waals surface area contributed by atoms with Crippen LogP contribution in [0, 0.1) is 20.8 Å². The minimum absolute atomic E-state index is 0.687. The van der Waals surface area contributed by atoms with Crippen molar-refractivity contribution in [3.05, 3.63) is 63.0 Å². The van der Waals surface area contributed by atoms with Gasteiger partial charge in [-0.05, 0) is 68.9 Å². The summed E-state index contributed by atoms with van der Waals surface area (Å²) in [5.41, 5.74) is 5.15. The Morgan fingerprint density at radius 2 is 1.52 bits per heavy atom. The maximum Gasteiger partial charge on any atom is 0.0734 e. The number of fused-ring (bicyclic) bond motifs is 1. The summed E-state index contributed by atoms with van der Waals surface area (Å²) in [6, 6.07) is 10.9. The van der Waals surface area contributed by atoms with Gasteiger partial charge in [0.1, 0.15) is 0 Å². The highest BCUT2D eigenvalue weighted by Crippen LogP contribution is 2.23. The number of benzene rings is 1. The normalized spacial score (nSPS) is 11.5. The summed E-state index contributed by atoms with van der Waals surface area (Å²) in [6.45, 7) is 8.15. The SMILES string of the molecule is Cc1cc(CCCCCCCCCCCOCc2ccc(C)c3ncccc23)c(C)s1. The standard InChI is InChI=1S/C28H39NOS/c1-22-16-17-26(27-15-13-18-29-28(22)27)21-30-19-12-10-8-6-4-5-7-9-11-14-25-20-23(2)31-24(25)3/h13,15-18,20H,4-12,14,19,21H2,1-3H3. The molecule has 0 aliphatic carbocycles. The van der Waals surface area contributed by atoms with Crippen molar-refractivity contribution < 1.29 is 4.74 Å². The van der Waals surface area contributed by atoms with Crippen LogP contribution in [0.1, 0.15) is 84.2 Å². The highest BCUT2D eigenvalue weighted by Gasteiger charge is 2.05. The number of hydrogen-bond donors (Lipinski definition) is 0. The van der Waals surface area contributed by atoms with Crippen molar-refractivity contribution in [2.45, 2.75) is 91.6 Å². The van der Waals surface area contributed by atoms with Crippen LogP contribution in [0.25, 0.3) is 10.9 Å². The van der Waals surface area contributed by atoms with E-state index in [9.17, 15) is 0 Å². The zero-order valence-corrected chi connectivity index (χ0v) is 20.5. The second kappa shape index (κ2) is 13.0. The fraction of sp³-hybridized carbons (Fsp3) is 0.536. The van der Waals surface area contributed by atoms with Crippen LogP contribution >= 0.6 is 11.3 Å². The van der Waals surface area contributed by atoms with Crippen LogP contribution in [0.3, 0.4) is 0 Å². The lowest BCUT2D eigenvalue weighted by Gasteiger charge is -2.09. The number of aryl methyl sites for hydroxylation is 4. The fourth-order valence-corrected chi connectivity index (χ4v) is 5.35. The molecule has 0 saturated carbocycles. The van der Waals surface area contributed by atoms with E-state index >= 15 is 0 Å². The highest BCUT2D eigenvalue weighted by atomic mass is 32.1. The molecule has 0 bridgehead atoms. The molecular formula is C28H39NOS. The Morgan fingerprint density at radius 3 is 2.23 bits per heavy atom. The van der Waals surface area contributed by atoms with Crippen molar-refractivity contribution in [1.82, 2.24) is 4.98 Å². The first-order chi connectivity index (χ1) is 15.1. The van der Waals surface area contributed by atoms with Crippen LogP contribution < -0.4 is 0 Å². The lowest BCUT2D eigenvalue weighted by molar-refractivity contribution is 0.117. The molecule has 0 amide bonds. The third kappa shape index (κ3) is 7.73. The molecule has 3 aromatic rings. The molecule has 3 heteroatoms. The first-order valence-electron chi connectivity index (χ1n) is 12.1. The van der Waals surface area contributed by atoms with Crippen molar-refractivity contribution in [2.75, 3.05) is 6.61 Å². The van der Waals surface area contributed by atoms with Crippen LogP contribution in [-0.2, 0) is 17.8 Å². The lowest BCUT2D eigenvalue weighted by atomic mass is 10.0. The molecule has 0 aliphatic heterocycles. The quantitative estimate of drug-likeness (QED) is 0.236. The van der Waals surface area contributed by atoms with E-state index in [4.69, 9.17) is 4.74 Å². The number of hydrogen-bond acceptors (Lipinski definition) is 3. The van der Waals surface area contributed by atoms with E-state index in [2.05, 4.69) is 50.0 Å². The smallest absolute Gasteiger partial charge is 0.0734 e. The van der Waals surface area contributed by atoms with Crippen molar-refractivity contribution in [3.8, 4) is 0 Å². The summed E-state index contributed by atoms with van der Waals surface area (Å²) in [5.74, 6) is 0. The number of ether oxygens (including phenoxy) is 1. The Morgan fingerprint density at radius 1 is 0.806 bits per heavy atom. The Bertz CT molecular complexity index is 930. The van der Waals surface area contributed by atoms with Crippen molar-refractivity contribution >= 4 is 22.2 Å². The third-order valence-electron chi connectivity index (χ3n) is 6.20. The molecule has 168 valence electrons. The number of thiophene rings is 1. The average Bonchev–Trinajstić information content (AvgIpc) is 3.10. The van der Waals surface area contributed by atoms with Gasteiger partial charge in [-0.15, -0.1) is 11.3 Å². The fourth-order valence-electron chi connectivity index (χ4n) is 4.37. The number of aromatic nitrogens is 1. The molecular weight excluding hydrogens is 398 g/mol. The van der Waals surface area contributed by atoms with E-state index in [0.717, 1.165) is 12.1 Å². The molecule has 0 N–H and O–H groups in total. The Hall–Kier alpha value is -1.71. The van der Waals surface area contributed by atoms with Gasteiger partial charge in [0.2, 0.25) is 0 Å². The van der Waals surface area contributed by atoms with Crippen LogP contribution in [0.15, 0.2) is 36.5 Å². The second-order valence-corrected chi connectivity index (χ2v) is 10.3. The number of pyridine rings is 1. The predicted molar refractivity (Wildman–Crippen MR) is 135 cm³/mol. The van der Waals surface area contributed by atoms with E-state index in [1.165, 1.54) is 90.5 Å². The molecule has 0 atom stereocenters. The highest BCUT2D eigenvalue weighted by molar-refractivity contribution is 7.12. The zero-order chi connectivity index (χ0) is 21.9. The minimum Gasteiger partial charge on any atom is -0.377 e. The third-order valence-corrected chi connectivity index (χ3v) is 7.21. The summed E-state index contributed by atoms with van der Waals surface area (Å²) < 4.78 is 5.96. The molecule has 2 heterocycles. The maximum atomic E-state index is 5.96. The van der Waals surface area contributed by atoms with Crippen LogP contribution in [0.2, 0.25) is 0 Å². The number of nitrogens with zero attached hydrogens (tertiary/aromatic N) is 1. The molecule has 1 aromatic carbocycles. The van der Waals surface area contributed by atoms with Gasteiger partial charge in [-0.25, -0.2) is 0 Å². The van der Waals surface area contributed by atoms with Gasteiger partial charge >= 0.3 is 0 Å². The van der Waals surface area contributed by atoms with Crippen LogP contribution in [0.5, 0.6) is 0 Å². The molecule has 31 heavy (non-hydrogen) atoms. The summed E-state index contributed by atoms with van der Waals surface area (Å²) in [5, 5.41) is 1.23. The minimum atomic E-state index is 0.687. The largest absolute Gasteiger partial charge is 0.377 e. The molecule has 0 saturated heterocycles. The van der Waals surface area contributed by atoms with Gasteiger partial charge in [-0.3, -0.25) is 4.98 Å². The Kier molecular flexibility index (Phi) is 10.0. The van der Waals surface area contributed by atoms with Crippen molar-refractivity contribution in [1.29, 1.82) is 0 Å². The first-order valence-corrected chi connectivity index (χ1v) is 12.9. The van der Waals surface area contributed by atoms with Gasteiger partial charge in [0.15, 0.2) is 0 Å². The topological polar surface area (TPSA) is 22.1 Å². The molecule has 3 rings (SSSR count). The Balaban J connectivity index is 1.16. The van der Waals surface area contributed by atoms with Crippen molar-refractivity contribution in [3.63, 3.8) is 0 Å². The van der Waals surface area contributed by atoms with Gasteiger partial charge in [-0.1, -0.05) is 63.1 Å². The van der Waals surface area contributed by atoms with E-state index < -0.39 is 0 Å². The molecule has 0 fully saturated rings. The van der Waals surface area contributed by atoms with Gasteiger partial charge in [0.05, 0.1) is 12.1 Å². The molecule has 0 radical (unpaired) electrons. The maximum absolute atomic E-state index is 5.96. The van der Waals surface area contributed by atoms with E-state index in [1.54, 1.807) is 5.56 Å². The van der Waals surface area contributed by atoms with Crippen LogP contribution in [0.4, 0.5) is 0 Å². The van der Waals surface area contributed by atoms with Crippen molar-refractivity contribution in [2.24, 2.45) is 0 Å².